The Balaban J connectivity index is 2.28. The molecule has 0 amide bonds. The summed E-state index contributed by atoms with van der Waals surface area (Å²) >= 11 is 0. The fourth-order valence-electron chi connectivity index (χ4n) is 1.64. The van der Waals surface area contributed by atoms with E-state index >= 15 is 0 Å². The largest absolute Gasteiger partial charge is 0.392 e. The molecule has 3 heteroatoms. The first-order valence-electron chi connectivity index (χ1n) is 5.71. The Morgan fingerprint density at radius 2 is 2.00 bits per heavy atom. The van der Waals surface area contributed by atoms with Crippen molar-refractivity contribution < 1.29 is 9.50 Å². The van der Waals surface area contributed by atoms with E-state index in [4.69, 9.17) is 0 Å². The maximum atomic E-state index is 13.2. The summed E-state index contributed by atoms with van der Waals surface area (Å²) in [5, 5.41) is 12.7. The van der Waals surface area contributed by atoms with Crippen LogP contribution in [0, 0.1) is 11.7 Å². The molecule has 2 nitrogen and oxygen atoms in total. The number of halogens is 1. The smallest absolute Gasteiger partial charge is 0.127 e. The van der Waals surface area contributed by atoms with Crippen molar-refractivity contribution in [3.63, 3.8) is 0 Å². The molecule has 0 aromatic heterocycles. The van der Waals surface area contributed by atoms with Crippen molar-refractivity contribution in [2.75, 3.05) is 6.54 Å². The van der Waals surface area contributed by atoms with Gasteiger partial charge in [-0.15, -0.1) is 0 Å². The van der Waals surface area contributed by atoms with E-state index in [9.17, 15) is 9.50 Å². The minimum Gasteiger partial charge on any atom is -0.392 e. The quantitative estimate of drug-likeness (QED) is 0.778. The van der Waals surface area contributed by atoms with Crippen molar-refractivity contribution in [3.05, 3.63) is 35.6 Å². The first-order valence-corrected chi connectivity index (χ1v) is 5.71. The van der Waals surface area contributed by atoms with Gasteiger partial charge in [0.2, 0.25) is 0 Å². The number of rotatable bonds is 6. The topological polar surface area (TPSA) is 32.3 Å². The minimum absolute atomic E-state index is 0.201. The molecule has 0 aliphatic carbocycles. The lowest BCUT2D eigenvalue weighted by molar-refractivity contribution is 0.146. The van der Waals surface area contributed by atoms with Gasteiger partial charge in [-0.2, -0.15) is 0 Å². The number of aliphatic hydroxyl groups excluding tert-OH is 1. The normalized spacial score (nSPS) is 13.1. The zero-order valence-electron chi connectivity index (χ0n) is 9.91. The molecule has 1 unspecified atom stereocenters. The van der Waals surface area contributed by atoms with E-state index in [2.05, 4.69) is 19.2 Å². The predicted molar refractivity (Wildman–Crippen MR) is 63.6 cm³/mol. The van der Waals surface area contributed by atoms with Crippen LogP contribution in [0.3, 0.4) is 0 Å². The molecule has 0 fully saturated rings. The SMILES string of the molecule is CC(C)CC(O)CNCc1ccccc1F. The van der Waals surface area contributed by atoms with Crippen molar-refractivity contribution in [1.29, 1.82) is 0 Å². The summed E-state index contributed by atoms with van der Waals surface area (Å²) in [5.74, 6) is 0.276. The average molecular weight is 225 g/mol. The summed E-state index contributed by atoms with van der Waals surface area (Å²) in [6, 6.07) is 6.68. The molecule has 0 spiro atoms. The van der Waals surface area contributed by atoms with Crippen molar-refractivity contribution in [3.8, 4) is 0 Å². The molecule has 1 aromatic rings. The van der Waals surface area contributed by atoms with Crippen LogP contribution in [0.5, 0.6) is 0 Å². The molecule has 90 valence electrons. The van der Waals surface area contributed by atoms with Gasteiger partial charge in [-0.05, 0) is 18.4 Å². The fraction of sp³-hybridized carbons (Fsp3) is 0.538. The Morgan fingerprint density at radius 1 is 1.31 bits per heavy atom. The van der Waals surface area contributed by atoms with Gasteiger partial charge < -0.3 is 10.4 Å². The number of benzene rings is 1. The van der Waals surface area contributed by atoms with E-state index in [0.717, 1.165) is 6.42 Å². The Labute approximate surface area is 96.5 Å². The molecule has 1 rings (SSSR count). The van der Waals surface area contributed by atoms with Crippen LogP contribution in [0.15, 0.2) is 24.3 Å². The van der Waals surface area contributed by atoms with Crippen LogP contribution in [-0.4, -0.2) is 17.8 Å². The molecule has 16 heavy (non-hydrogen) atoms. The fourth-order valence-corrected chi connectivity index (χ4v) is 1.64. The highest BCUT2D eigenvalue weighted by Crippen LogP contribution is 2.06. The highest BCUT2D eigenvalue weighted by molar-refractivity contribution is 5.16. The molecular formula is C13H20FNO. The lowest BCUT2D eigenvalue weighted by atomic mass is 10.1. The summed E-state index contributed by atoms with van der Waals surface area (Å²) < 4.78 is 13.2. The third-order valence-electron chi connectivity index (χ3n) is 2.40. The van der Waals surface area contributed by atoms with Gasteiger partial charge in [-0.3, -0.25) is 0 Å². The second kappa shape index (κ2) is 6.61. The second-order valence-corrected chi connectivity index (χ2v) is 4.51. The molecule has 1 atom stereocenters. The standard InChI is InChI=1S/C13H20FNO/c1-10(2)7-12(16)9-15-8-11-5-3-4-6-13(11)14/h3-6,10,12,15-16H,7-9H2,1-2H3. The lowest BCUT2D eigenvalue weighted by Crippen LogP contribution is -2.27. The molecule has 0 aliphatic heterocycles. The van der Waals surface area contributed by atoms with Crippen molar-refractivity contribution in [2.45, 2.75) is 32.9 Å². The first kappa shape index (κ1) is 13.1. The zero-order chi connectivity index (χ0) is 12.0. The Morgan fingerprint density at radius 3 is 2.62 bits per heavy atom. The third-order valence-corrected chi connectivity index (χ3v) is 2.40. The Kier molecular flexibility index (Phi) is 5.43. The van der Waals surface area contributed by atoms with E-state index in [1.54, 1.807) is 12.1 Å². The molecule has 0 aliphatic rings. The van der Waals surface area contributed by atoms with Gasteiger partial charge in [0.25, 0.3) is 0 Å². The Bertz CT molecular complexity index is 315. The van der Waals surface area contributed by atoms with E-state index in [-0.39, 0.29) is 11.9 Å². The van der Waals surface area contributed by atoms with E-state index < -0.39 is 0 Å². The molecule has 0 saturated carbocycles. The van der Waals surface area contributed by atoms with Crippen LogP contribution < -0.4 is 5.32 Å². The lowest BCUT2D eigenvalue weighted by Gasteiger charge is -2.14. The summed E-state index contributed by atoms with van der Waals surface area (Å²) in [6.45, 7) is 5.11. The van der Waals surface area contributed by atoms with Crippen molar-refractivity contribution in [2.24, 2.45) is 5.92 Å². The Hall–Kier alpha value is -0.930. The van der Waals surface area contributed by atoms with Gasteiger partial charge >= 0.3 is 0 Å². The predicted octanol–water partition coefficient (Wildman–Crippen LogP) is 2.32. The number of hydrogen-bond acceptors (Lipinski definition) is 2. The maximum Gasteiger partial charge on any atom is 0.127 e. The number of nitrogens with one attached hydrogen (secondary N) is 1. The highest BCUT2D eigenvalue weighted by atomic mass is 19.1. The van der Waals surface area contributed by atoms with Crippen LogP contribution in [-0.2, 0) is 6.54 Å². The van der Waals surface area contributed by atoms with Crippen molar-refractivity contribution in [1.82, 2.24) is 5.32 Å². The number of hydrogen-bond donors (Lipinski definition) is 2. The molecule has 0 saturated heterocycles. The zero-order valence-corrected chi connectivity index (χ0v) is 9.91. The summed E-state index contributed by atoms with van der Waals surface area (Å²) in [7, 11) is 0. The average Bonchev–Trinajstić information content (AvgIpc) is 2.19. The molecule has 0 bridgehead atoms. The maximum absolute atomic E-state index is 13.2. The van der Waals surface area contributed by atoms with Crippen LogP contribution >= 0.6 is 0 Å². The van der Waals surface area contributed by atoms with Crippen LogP contribution in [0.4, 0.5) is 4.39 Å². The van der Waals surface area contributed by atoms with E-state index in [1.165, 1.54) is 6.07 Å². The molecule has 1 aromatic carbocycles. The summed E-state index contributed by atoms with van der Waals surface area (Å²) in [6.07, 6.45) is 0.413. The van der Waals surface area contributed by atoms with Crippen LogP contribution in [0.1, 0.15) is 25.8 Å². The highest BCUT2D eigenvalue weighted by Gasteiger charge is 2.06. The monoisotopic (exact) mass is 225 g/mol. The van der Waals surface area contributed by atoms with E-state index in [1.807, 2.05) is 6.07 Å². The number of aliphatic hydroxyl groups is 1. The molecule has 2 N–H and O–H groups in total. The van der Waals surface area contributed by atoms with Gasteiger partial charge in [0.05, 0.1) is 6.10 Å². The van der Waals surface area contributed by atoms with Gasteiger partial charge in [0, 0.05) is 18.7 Å². The third kappa shape index (κ3) is 4.73. The molecular weight excluding hydrogens is 205 g/mol. The van der Waals surface area contributed by atoms with E-state index in [0.29, 0.717) is 24.6 Å². The van der Waals surface area contributed by atoms with Gasteiger partial charge in [0.15, 0.2) is 0 Å². The summed E-state index contributed by atoms with van der Waals surface area (Å²) in [4.78, 5) is 0. The summed E-state index contributed by atoms with van der Waals surface area (Å²) in [5.41, 5.74) is 0.638. The van der Waals surface area contributed by atoms with Crippen molar-refractivity contribution >= 4 is 0 Å². The molecule has 0 radical (unpaired) electrons. The minimum atomic E-state index is -0.355. The van der Waals surface area contributed by atoms with Gasteiger partial charge in [-0.25, -0.2) is 4.39 Å². The van der Waals surface area contributed by atoms with Crippen LogP contribution in [0.2, 0.25) is 0 Å². The first-order chi connectivity index (χ1) is 7.59. The van der Waals surface area contributed by atoms with Gasteiger partial charge in [0.1, 0.15) is 5.82 Å². The van der Waals surface area contributed by atoms with Gasteiger partial charge in [-0.1, -0.05) is 32.0 Å². The van der Waals surface area contributed by atoms with Crippen LogP contribution in [0.25, 0.3) is 0 Å². The second-order valence-electron chi connectivity index (χ2n) is 4.51. The molecule has 0 heterocycles.